The molecule has 15 heavy (non-hydrogen) atoms. The summed E-state index contributed by atoms with van der Waals surface area (Å²) in [6, 6.07) is 6.38. The topological polar surface area (TPSA) is 81.8 Å². The second-order valence-corrected chi connectivity index (χ2v) is 3.76. The SMILES string of the molecule is CCOC(=O)N=[S-](=O)c1cccc(N)c1. The third-order valence-corrected chi connectivity index (χ3v) is 2.46. The van der Waals surface area contributed by atoms with Crippen LogP contribution in [0, 0.1) is 0 Å². The van der Waals surface area contributed by atoms with Crippen molar-refractivity contribution < 1.29 is 13.7 Å². The highest BCUT2D eigenvalue weighted by Gasteiger charge is 1.92. The van der Waals surface area contributed by atoms with E-state index < -0.39 is 16.7 Å². The van der Waals surface area contributed by atoms with Crippen LogP contribution in [0.3, 0.4) is 0 Å². The van der Waals surface area contributed by atoms with Crippen LogP contribution < -0.4 is 5.73 Å². The van der Waals surface area contributed by atoms with Gasteiger partial charge in [0.15, 0.2) is 0 Å². The number of nitrogen functional groups attached to an aromatic ring is 1. The molecule has 0 bridgehead atoms. The molecule has 0 atom stereocenters. The Morgan fingerprint density at radius 1 is 1.60 bits per heavy atom. The van der Waals surface area contributed by atoms with Gasteiger partial charge in [-0.25, -0.2) is 4.79 Å². The van der Waals surface area contributed by atoms with E-state index >= 15 is 0 Å². The van der Waals surface area contributed by atoms with Gasteiger partial charge in [0.05, 0.1) is 6.61 Å². The maximum absolute atomic E-state index is 11.5. The van der Waals surface area contributed by atoms with Gasteiger partial charge in [0.1, 0.15) is 0 Å². The van der Waals surface area contributed by atoms with Crippen molar-refractivity contribution in [3.63, 3.8) is 0 Å². The molecule has 1 aromatic carbocycles. The van der Waals surface area contributed by atoms with Crippen molar-refractivity contribution in [2.75, 3.05) is 12.3 Å². The van der Waals surface area contributed by atoms with Gasteiger partial charge in [-0.05, 0) is 13.0 Å². The number of rotatable bonds is 2. The highest BCUT2D eigenvalue weighted by molar-refractivity contribution is 7.75. The van der Waals surface area contributed by atoms with Crippen LogP contribution in [0.2, 0.25) is 0 Å². The lowest BCUT2D eigenvalue weighted by atomic mass is 10.3. The average molecular weight is 227 g/mol. The monoisotopic (exact) mass is 227 g/mol. The van der Waals surface area contributed by atoms with Gasteiger partial charge in [0.2, 0.25) is 0 Å². The first kappa shape index (κ1) is 11.5. The molecule has 1 rings (SSSR count). The Labute approximate surface area is 89.5 Å². The summed E-state index contributed by atoms with van der Waals surface area (Å²) in [4.78, 5) is 11.3. The van der Waals surface area contributed by atoms with Gasteiger partial charge in [-0.1, -0.05) is 23.1 Å². The van der Waals surface area contributed by atoms with Crippen LogP contribution in [-0.2, 0) is 19.5 Å². The van der Waals surface area contributed by atoms with E-state index in [2.05, 4.69) is 9.10 Å². The summed E-state index contributed by atoms with van der Waals surface area (Å²) in [5.41, 5.74) is 5.97. The molecule has 5 nitrogen and oxygen atoms in total. The van der Waals surface area contributed by atoms with Crippen molar-refractivity contribution in [2.24, 2.45) is 4.36 Å². The Morgan fingerprint density at radius 3 is 2.93 bits per heavy atom. The molecule has 0 radical (unpaired) electrons. The van der Waals surface area contributed by atoms with Crippen molar-refractivity contribution in [3.05, 3.63) is 24.3 Å². The third-order valence-electron chi connectivity index (χ3n) is 1.48. The van der Waals surface area contributed by atoms with Crippen molar-refractivity contribution in [3.8, 4) is 0 Å². The number of hydrogen-bond donors (Lipinski definition) is 1. The van der Waals surface area contributed by atoms with Crippen molar-refractivity contribution in [1.82, 2.24) is 0 Å². The van der Waals surface area contributed by atoms with Gasteiger partial charge in [-0.15, -0.1) is 10.6 Å². The van der Waals surface area contributed by atoms with Crippen LogP contribution in [0.1, 0.15) is 6.92 Å². The fraction of sp³-hybridized carbons (Fsp3) is 0.222. The van der Waals surface area contributed by atoms with Gasteiger partial charge in [-0.2, -0.15) is 0 Å². The molecule has 0 unspecified atom stereocenters. The van der Waals surface area contributed by atoms with Crippen molar-refractivity contribution in [2.45, 2.75) is 11.8 Å². The van der Waals surface area contributed by atoms with Crippen LogP contribution in [0.5, 0.6) is 0 Å². The molecule has 0 saturated carbocycles. The molecule has 0 spiro atoms. The Balaban J connectivity index is 2.89. The molecule has 0 fully saturated rings. The molecule has 1 amide bonds. The zero-order valence-corrected chi connectivity index (χ0v) is 8.99. The zero-order valence-electron chi connectivity index (χ0n) is 8.17. The van der Waals surface area contributed by atoms with E-state index in [9.17, 15) is 9.00 Å². The minimum atomic E-state index is -1.75. The minimum absolute atomic E-state index is 0.205. The van der Waals surface area contributed by atoms with Gasteiger partial charge >= 0.3 is 6.09 Å². The van der Waals surface area contributed by atoms with E-state index in [1.807, 2.05) is 0 Å². The summed E-state index contributed by atoms with van der Waals surface area (Å²) in [6.45, 7) is 1.85. The second-order valence-electron chi connectivity index (χ2n) is 2.61. The smallest absolute Gasteiger partial charge is 0.410 e. The number of nitrogens with zero attached hydrogens (tertiary/aromatic N) is 1. The lowest BCUT2D eigenvalue weighted by molar-refractivity contribution is 0.164. The molecular weight excluding hydrogens is 216 g/mol. The maximum Gasteiger partial charge on any atom is 0.410 e. The van der Waals surface area contributed by atoms with E-state index in [1.165, 1.54) is 6.07 Å². The largest absolute Gasteiger partial charge is 0.450 e. The van der Waals surface area contributed by atoms with E-state index in [-0.39, 0.29) is 6.61 Å². The number of carbonyl (C=O) groups is 1. The normalized spacial score (nSPS) is 12.3. The molecule has 82 valence electrons. The second kappa shape index (κ2) is 5.35. The molecule has 1 aromatic rings. The predicted molar refractivity (Wildman–Crippen MR) is 56.6 cm³/mol. The number of ether oxygens (including phenoxy) is 1. The molecule has 6 heteroatoms. The highest BCUT2D eigenvalue weighted by Crippen LogP contribution is 2.09. The number of nitrogens with two attached hydrogens (primary N) is 1. The lowest BCUT2D eigenvalue weighted by Crippen LogP contribution is -1.98. The summed E-state index contributed by atoms with van der Waals surface area (Å²) in [5, 5.41) is 0. The summed E-state index contributed by atoms with van der Waals surface area (Å²) >= 11 is 0. The molecular formula is C9H11N2O3S-. The van der Waals surface area contributed by atoms with Gasteiger partial charge in [-0.3, -0.25) is 4.36 Å². The van der Waals surface area contributed by atoms with Crippen LogP contribution in [0.25, 0.3) is 0 Å². The molecule has 0 aromatic heterocycles. The molecule has 0 saturated heterocycles. The number of hydrogen-bond acceptors (Lipinski definition) is 5. The average Bonchev–Trinajstić information content (AvgIpc) is 2.18. The summed E-state index contributed by atoms with van der Waals surface area (Å²) in [7, 11) is -1.75. The van der Waals surface area contributed by atoms with Crippen LogP contribution in [-0.4, -0.2) is 12.7 Å². The molecule has 2 N–H and O–H groups in total. The summed E-state index contributed by atoms with van der Waals surface area (Å²) in [6.07, 6.45) is -0.835. The first-order valence-electron chi connectivity index (χ1n) is 4.29. The molecule has 0 heterocycles. The standard InChI is InChI=1S/C9H11N2O3S/c1-2-14-9(12)11-15(13)8-5-3-4-7(10)6-8/h3-6H,2,10H2,1H3/q-1. The van der Waals surface area contributed by atoms with Gasteiger partial charge in [0, 0.05) is 5.69 Å². The molecule has 0 aliphatic rings. The molecule has 0 aliphatic carbocycles. The zero-order chi connectivity index (χ0) is 11.3. The Hall–Kier alpha value is -1.56. The van der Waals surface area contributed by atoms with Gasteiger partial charge in [0.25, 0.3) is 0 Å². The number of amides is 1. The van der Waals surface area contributed by atoms with Crippen molar-refractivity contribution >= 4 is 22.4 Å². The quantitative estimate of drug-likeness (QED) is 0.618. The summed E-state index contributed by atoms with van der Waals surface area (Å²) < 4.78 is 19.3. The number of benzene rings is 1. The Kier molecular flexibility index (Phi) is 4.11. The van der Waals surface area contributed by atoms with Crippen LogP contribution in [0.15, 0.2) is 33.5 Å². The van der Waals surface area contributed by atoms with E-state index in [0.29, 0.717) is 10.6 Å². The van der Waals surface area contributed by atoms with Gasteiger partial charge < -0.3 is 14.7 Å². The minimum Gasteiger partial charge on any atom is -0.450 e. The van der Waals surface area contributed by atoms with E-state index in [1.54, 1.807) is 25.1 Å². The highest BCUT2D eigenvalue weighted by atomic mass is 32.2. The van der Waals surface area contributed by atoms with E-state index in [0.717, 1.165) is 0 Å². The lowest BCUT2D eigenvalue weighted by Gasteiger charge is -2.05. The number of carbonyl (C=O) groups excluding carboxylic acids is 1. The van der Waals surface area contributed by atoms with Crippen LogP contribution >= 0.6 is 0 Å². The Morgan fingerprint density at radius 2 is 2.33 bits per heavy atom. The first-order chi connectivity index (χ1) is 7.13. The third kappa shape index (κ3) is 3.59. The fourth-order valence-electron chi connectivity index (χ4n) is 0.893. The predicted octanol–water partition coefficient (Wildman–Crippen LogP) is 1.93. The summed E-state index contributed by atoms with van der Waals surface area (Å²) in [5.74, 6) is 0. The van der Waals surface area contributed by atoms with E-state index in [4.69, 9.17) is 5.73 Å². The maximum atomic E-state index is 11.5. The fourth-order valence-corrected chi connectivity index (χ4v) is 1.62. The molecule has 0 aliphatic heterocycles. The Bertz CT molecular complexity index is 439. The number of anilines is 1. The first-order valence-corrected chi connectivity index (χ1v) is 5.40. The van der Waals surface area contributed by atoms with Crippen LogP contribution in [0.4, 0.5) is 10.5 Å². The van der Waals surface area contributed by atoms with Crippen molar-refractivity contribution in [1.29, 1.82) is 0 Å².